The Labute approximate surface area is 111 Å². The molecule has 0 aliphatic heterocycles. The molecule has 2 rings (SSSR count). The van der Waals surface area contributed by atoms with Crippen LogP contribution in [0.15, 0.2) is 10.9 Å². The van der Waals surface area contributed by atoms with E-state index in [2.05, 4.69) is 4.98 Å². The number of fused-ring (bicyclic) bond motifs is 1. The molecule has 0 unspecified atom stereocenters. The minimum atomic E-state index is -0.398. The molecule has 5 heteroatoms. The van der Waals surface area contributed by atoms with E-state index in [1.165, 1.54) is 6.07 Å². The second kappa shape index (κ2) is 5.38. The fourth-order valence-electron chi connectivity index (χ4n) is 2.42. The topological polar surface area (TPSA) is 70.2 Å². The molecule has 0 atom stereocenters. The lowest BCUT2D eigenvalue weighted by molar-refractivity contribution is 0.0771. The van der Waals surface area contributed by atoms with E-state index in [-0.39, 0.29) is 17.3 Å². The van der Waals surface area contributed by atoms with Crippen LogP contribution in [0.1, 0.15) is 53.1 Å². The number of nitrogens with zero attached hydrogens (tertiary/aromatic N) is 1. The van der Waals surface area contributed by atoms with E-state index in [9.17, 15) is 14.4 Å². The van der Waals surface area contributed by atoms with Crippen LogP contribution in [-0.2, 0) is 6.42 Å². The first kappa shape index (κ1) is 13.5. The number of carbonyl (C=O) groups is 2. The molecule has 1 amide bonds. The fraction of sp³-hybridized carbons (Fsp3) is 0.500. The van der Waals surface area contributed by atoms with Crippen molar-refractivity contribution in [2.24, 2.45) is 0 Å². The van der Waals surface area contributed by atoms with Crippen LogP contribution in [-0.4, -0.2) is 34.7 Å². The van der Waals surface area contributed by atoms with Crippen molar-refractivity contribution >= 4 is 11.7 Å². The molecule has 102 valence electrons. The molecule has 0 radical (unpaired) electrons. The maximum atomic E-state index is 12.2. The number of nitrogens with one attached hydrogen (secondary N) is 1. The molecule has 0 saturated carbocycles. The summed E-state index contributed by atoms with van der Waals surface area (Å²) in [5, 5.41) is 0. The van der Waals surface area contributed by atoms with Crippen LogP contribution in [0.2, 0.25) is 0 Å². The molecule has 0 aromatic carbocycles. The van der Waals surface area contributed by atoms with Gasteiger partial charge in [-0.1, -0.05) is 0 Å². The molecular formula is C14H18N2O3. The molecule has 1 aromatic heterocycles. The van der Waals surface area contributed by atoms with Crippen molar-refractivity contribution in [3.8, 4) is 0 Å². The highest BCUT2D eigenvalue weighted by molar-refractivity contribution is 6.01. The maximum Gasteiger partial charge on any atom is 0.261 e. The van der Waals surface area contributed by atoms with Gasteiger partial charge in [0.2, 0.25) is 0 Å². The third kappa shape index (κ3) is 2.45. The summed E-state index contributed by atoms with van der Waals surface area (Å²) >= 11 is 0. The number of amides is 1. The Bertz CT molecular complexity index is 571. The van der Waals surface area contributed by atoms with Gasteiger partial charge < -0.3 is 9.88 Å². The van der Waals surface area contributed by atoms with Gasteiger partial charge in [-0.05, 0) is 32.8 Å². The fourth-order valence-corrected chi connectivity index (χ4v) is 2.42. The minimum absolute atomic E-state index is 0.00565. The molecule has 0 spiro atoms. The zero-order valence-electron chi connectivity index (χ0n) is 11.3. The van der Waals surface area contributed by atoms with Gasteiger partial charge in [-0.15, -0.1) is 0 Å². The Morgan fingerprint density at radius 3 is 2.58 bits per heavy atom. The lowest BCUT2D eigenvalue weighted by Crippen LogP contribution is -2.35. The quantitative estimate of drug-likeness (QED) is 0.894. The molecule has 1 N–H and O–H groups in total. The van der Waals surface area contributed by atoms with Crippen molar-refractivity contribution in [3.63, 3.8) is 0 Å². The number of aryl methyl sites for hydroxylation is 1. The third-order valence-electron chi connectivity index (χ3n) is 3.53. The summed E-state index contributed by atoms with van der Waals surface area (Å²) in [6.45, 7) is 4.80. The molecule has 0 fully saturated rings. The van der Waals surface area contributed by atoms with E-state index in [0.717, 1.165) is 6.42 Å². The highest BCUT2D eigenvalue weighted by Gasteiger charge is 2.23. The number of aromatic nitrogens is 1. The van der Waals surface area contributed by atoms with Gasteiger partial charge in [-0.2, -0.15) is 0 Å². The van der Waals surface area contributed by atoms with Crippen LogP contribution in [0.4, 0.5) is 0 Å². The van der Waals surface area contributed by atoms with Gasteiger partial charge in [0.25, 0.3) is 11.5 Å². The summed E-state index contributed by atoms with van der Waals surface area (Å²) in [4.78, 5) is 40.3. The van der Waals surface area contributed by atoms with Crippen LogP contribution >= 0.6 is 0 Å². The highest BCUT2D eigenvalue weighted by atomic mass is 16.2. The Morgan fingerprint density at radius 1 is 1.26 bits per heavy atom. The van der Waals surface area contributed by atoms with Gasteiger partial charge in [0, 0.05) is 30.8 Å². The molecule has 0 bridgehead atoms. The Balaban J connectivity index is 2.47. The van der Waals surface area contributed by atoms with Crippen LogP contribution < -0.4 is 5.56 Å². The molecule has 19 heavy (non-hydrogen) atoms. The smallest absolute Gasteiger partial charge is 0.261 e. The summed E-state index contributed by atoms with van der Waals surface area (Å²) in [5.74, 6) is -0.307. The second-order valence-electron chi connectivity index (χ2n) is 4.66. The number of hydrogen-bond acceptors (Lipinski definition) is 3. The lowest BCUT2D eigenvalue weighted by Gasteiger charge is -2.20. The zero-order valence-corrected chi connectivity index (χ0v) is 11.3. The SMILES string of the molecule is CCN(CC)C(=O)c1cc2c([nH]c1=O)CCCC2=O. The van der Waals surface area contributed by atoms with Crippen molar-refractivity contribution in [1.82, 2.24) is 9.88 Å². The summed E-state index contributed by atoms with van der Waals surface area (Å²) in [6.07, 6.45) is 1.93. The van der Waals surface area contributed by atoms with Crippen molar-refractivity contribution in [2.45, 2.75) is 33.1 Å². The molecular weight excluding hydrogens is 244 g/mol. The predicted octanol–water partition coefficient (Wildman–Crippen LogP) is 1.38. The second-order valence-corrected chi connectivity index (χ2v) is 4.66. The highest BCUT2D eigenvalue weighted by Crippen LogP contribution is 2.19. The number of ketones is 1. The number of hydrogen-bond donors (Lipinski definition) is 1. The van der Waals surface area contributed by atoms with Crippen LogP contribution in [0.25, 0.3) is 0 Å². The normalized spacial score (nSPS) is 14.1. The van der Waals surface area contributed by atoms with Crippen LogP contribution in [0.3, 0.4) is 0 Å². The molecule has 0 saturated heterocycles. The van der Waals surface area contributed by atoms with Crippen LogP contribution in [0.5, 0.6) is 0 Å². The monoisotopic (exact) mass is 262 g/mol. The first-order valence-corrected chi connectivity index (χ1v) is 6.67. The van der Waals surface area contributed by atoms with Crippen LogP contribution in [0, 0.1) is 0 Å². The summed E-state index contributed by atoms with van der Waals surface area (Å²) in [6, 6.07) is 1.47. The van der Waals surface area contributed by atoms with E-state index >= 15 is 0 Å². The van der Waals surface area contributed by atoms with E-state index in [1.807, 2.05) is 13.8 Å². The molecule has 1 aromatic rings. The largest absolute Gasteiger partial charge is 0.339 e. The van der Waals surface area contributed by atoms with E-state index in [0.29, 0.717) is 37.2 Å². The molecule has 1 heterocycles. The number of pyridine rings is 1. The minimum Gasteiger partial charge on any atom is -0.339 e. The average Bonchev–Trinajstić information content (AvgIpc) is 2.39. The number of H-pyrrole nitrogens is 1. The predicted molar refractivity (Wildman–Crippen MR) is 71.6 cm³/mol. The zero-order chi connectivity index (χ0) is 14.0. The first-order chi connectivity index (χ1) is 9.08. The Kier molecular flexibility index (Phi) is 3.83. The van der Waals surface area contributed by atoms with Crippen molar-refractivity contribution in [2.75, 3.05) is 13.1 Å². The molecule has 1 aliphatic rings. The third-order valence-corrected chi connectivity index (χ3v) is 3.53. The summed E-state index contributed by atoms with van der Waals surface area (Å²) < 4.78 is 0. The summed E-state index contributed by atoms with van der Waals surface area (Å²) in [5.41, 5.74) is 0.835. The van der Waals surface area contributed by atoms with Crippen molar-refractivity contribution in [1.29, 1.82) is 0 Å². The van der Waals surface area contributed by atoms with Gasteiger partial charge in [-0.3, -0.25) is 14.4 Å². The van der Waals surface area contributed by atoms with E-state index < -0.39 is 5.56 Å². The average molecular weight is 262 g/mol. The van der Waals surface area contributed by atoms with Gasteiger partial charge in [-0.25, -0.2) is 0 Å². The molecule has 1 aliphatic carbocycles. The van der Waals surface area contributed by atoms with E-state index in [1.54, 1.807) is 4.90 Å². The van der Waals surface area contributed by atoms with Gasteiger partial charge in [0.05, 0.1) is 0 Å². The maximum absolute atomic E-state index is 12.2. The summed E-state index contributed by atoms with van der Waals surface area (Å²) in [7, 11) is 0. The Morgan fingerprint density at radius 2 is 1.95 bits per heavy atom. The number of rotatable bonds is 3. The van der Waals surface area contributed by atoms with Gasteiger partial charge in [0.15, 0.2) is 5.78 Å². The first-order valence-electron chi connectivity index (χ1n) is 6.67. The number of Topliss-reactive ketones (excluding diaryl/α,β-unsaturated/α-hetero) is 1. The van der Waals surface area contributed by atoms with Crippen molar-refractivity contribution in [3.05, 3.63) is 33.2 Å². The molecule has 5 nitrogen and oxygen atoms in total. The van der Waals surface area contributed by atoms with Crippen molar-refractivity contribution < 1.29 is 9.59 Å². The Hall–Kier alpha value is -1.91. The van der Waals surface area contributed by atoms with Gasteiger partial charge >= 0.3 is 0 Å². The van der Waals surface area contributed by atoms with E-state index in [4.69, 9.17) is 0 Å². The van der Waals surface area contributed by atoms with Gasteiger partial charge in [0.1, 0.15) is 5.56 Å². The number of carbonyl (C=O) groups excluding carboxylic acids is 2. The lowest BCUT2D eigenvalue weighted by atomic mass is 9.93. The standard InChI is InChI=1S/C14H18N2O3/c1-3-16(4-2)14(19)10-8-9-11(15-13(10)18)6-5-7-12(9)17/h8H,3-7H2,1-2H3,(H,15,18). The number of aromatic amines is 1.